The molecule has 0 amide bonds. The van der Waals surface area contributed by atoms with Gasteiger partial charge in [-0.2, -0.15) is 0 Å². The first-order chi connectivity index (χ1) is 9.54. The summed E-state index contributed by atoms with van der Waals surface area (Å²) in [6, 6.07) is 0.0819. The maximum absolute atomic E-state index is 13.8. The molecular weight excluding hydrogens is 263 g/mol. The summed E-state index contributed by atoms with van der Waals surface area (Å²) in [5, 5.41) is 9.10. The standard InChI is InChI=1S/C14H11FN2O3/c1-2-8-10(15)5-16-11-12(8)17(7-3-4-7)6-9(13(11)18)14(19)20/h2,5-7H,1,3-4H2,(H,19,20). The Kier molecular flexibility index (Phi) is 2.67. The zero-order valence-corrected chi connectivity index (χ0v) is 10.5. The highest BCUT2D eigenvalue weighted by Crippen LogP contribution is 2.37. The molecule has 0 bridgehead atoms. The van der Waals surface area contributed by atoms with Gasteiger partial charge < -0.3 is 9.67 Å². The molecule has 1 aliphatic rings. The molecule has 1 N–H and O–H groups in total. The topological polar surface area (TPSA) is 72.2 Å². The lowest BCUT2D eigenvalue weighted by molar-refractivity contribution is 0.0695. The van der Waals surface area contributed by atoms with E-state index in [0.717, 1.165) is 19.0 Å². The maximum Gasteiger partial charge on any atom is 0.341 e. The second-order valence-corrected chi connectivity index (χ2v) is 4.74. The molecule has 0 radical (unpaired) electrons. The van der Waals surface area contributed by atoms with E-state index in [4.69, 9.17) is 5.11 Å². The van der Waals surface area contributed by atoms with E-state index in [1.807, 2.05) is 0 Å². The molecular formula is C14H11FN2O3. The molecule has 2 aromatic heterocycles. The molecule has 3 rings (SSSR count). The molecule has 0 aromatic carbocycles. The van der Waals surface area contributed by atoms with Crippen LogP contribution in [0.2, 0.25) is 0 Å². The summed E-state index contributed by atoms with van der Waals surface area (Å²) >= 11 is 0. The van der Waals surface area contributed by atoms with E-state index >= 15 is 0 Å². The van der Waals surface area contributed by atoms with Gasteiger partial charge in [0.1, 0.15) is 11.1 Å². The second kappa shape index (κ2) is 4.26. The van der Waals surface area contributed by atoms with Crippen molar-refractivity contribution in [2.75, 3.05) is 0 Å². The van der Waals surface area contributed by atoms with Gasteiger partial charge in [0.25, 0.3) is 0 Å². The Morgan fingerprint density at radius 2 is 2.25 bits per heavy atom. The molecule has 5 nitrogen and oxygen atoms in total. The van der Waals surface area contributed by atoms with Crippen LogP contribution in [-0.2, 0) is 0 Å². The van der Waals surface area contributed by atoms with Crippen LogP contribution in [0.3, 0.4) is 0 Å². The Balaban J connectivity index is 2.52. The molecule has 0 unspecified atom stereocenters. The van der Waals surface area contributed by atoms with Crippen molar-refractivity contribution in [1.29, 1.82) is 0 Å². The SMILES string of the molecule is C=Cc1c(F)cnc2c(=O)c(C(=O)O)cn(C3CC3)c12. The second-order valence-electron chi connectivity index (χ2n) is 4.74. The van der Waals surface area contributed by atoms with Crippen molar-refractivity contribution in [2.24, 2.45) is 0 Å². The van der Waals surface area contributed by atoms with Gasteiger partial charge in [-0.3, -0.25) is 4.79 Å². The molecule has 2 aromatic rings. The third kappa shape index (κ3) is 1.72. The van der Waals surface area contributed by atoms with E-state index < -0.39 is 17.2 Å². The lowest BCUT2D eigenvalue weighted by Crippen LogP contribution is -2.20. The first-order valence-electron chi connectivity index (χ1n) is 6.13. The minimum absolute atomic E-state index is 0.0342. The average Bonchev–Trinajstić information content (AvgIpc) is 3.23. The van der Waals surface area contributed by atoms with Crippen molar-refractivity contribution < 1.29 is 14.3 Å². The van der Waals surface area contributed by atoms with Crippen LogP contribution in [0.15, 0.2) is 23.8 Å². The molecule has 1 saturated carbocycles. The number of carboxylic acids is 1. The van der Waals surface area contributed by atoms with Gasteiger partial charge in [-0.05, 0) is 12.8 Å². The van der Waals surface area contributed by atoms with Gasteiger partial charge in [0.15, 0.2) is 5.82 Å². The highest BCUT2D eigenvalue weighted by molar-refractivity contribution is 5.93. The highest BCUT2D eigenvalue weighted by Gasteiger charge is 2.28. The predicted molar refractivity (Wildman–Crippen MR) is 71.3 cm³/mol. The number of carbonyl (C=O) groups is 1. The van der Waals surface area contributed by atoms with Crippen LogP contribution in [0.25, 0.3) is 17.1 Å². The normalized spacial score (nSPS) is 14.4. The van der Waals surface area contributed by atoms with E-state index in [1.54, 1.807) is 4.57 Å². The van der Waals surface area contributed by atoms with E-state index in [-0.39, 0.29) is 22.7 Å². The quantitative estimate of drug-likeness (QED) is 0.931. The first-order valence-corrected chi connectivity index (χ1v) is 6.13. The van der Waals surface area contributed by atoms with Crippen LogP contribution >= 0.6 is 0 Å². The van der Waals surface area contributed by atoms with Crippen molar-refractivity contribution in [2.45, 2.75) is 18.9 Å². The molecule has 6 heteroatoms. The first kappa shape index (κ1) is 12.5. The Bertz CT molecular complexity index is 806. The Morgan fingerprint density at radius 3 is 2.80 bits per heavy atom. The minimum Gasteiger partial charge on any atom is -0.477 e. The van der Waals surface area contributed by atoms with Gasteiger partial charge >= 0.3 is 5.97 Å². The number of rotatable bonds is 3. The molecule has 1 fully saturated rings. The monoisotopic (exact) mass is 274 g/mol. The van der Waals surface area contributed by atoms with E-state index in [1.165, 1.54) is 12.3 Å². The lowest BCUT2D eigenvalue weighted by atomic mass is 10.1. The van der Waals surface area contributed by atoms with Gasteiger partial charge in [0.2, 0.25) is 5.43 Å². The fraction of sp³-hybridized carbons (Fsp3) is 0.214. The number of aromatic nitrogens is 2. The van der Waals surface area contributed by atoms with E-state index in [0.29, 0.717) is 5.52 Å². The molecule has 102 valence electrons. The van der Waals surface area contributed by atoms with Gasteiger partial charge in [-0.25, -0.2) is 14.2 Å². The highest BCUT2D eigenvalue weighted by atomic mass is 19.1. The molecule has 1 aliphatic carbocycles. The number of hydrogen-bond acceptors (Lipinski definition) is 3. The van der Waals surface area contributed by atoms with Crippen molar-refractivity contribution in [3.63, 3.8) is 0 Å². The summed E-state index contributed by atoms with van der Waals surface area (Å²) in [5.74, 6) is -1.89. The summed E-state index contributed by atoms with van der Waals surface area (Å²) < 4.78 is 15.4. The lowest BCUT2D eigenvalue weighted by Gasteiger charge is -2.13. The minimum atomic E-state index is -1.31. The predicted octanol–water partition coefficient (Wildman–Crippen LogP) is 2.21. The summed E-state index contributed by atoms with van der Waals surface area (Å²) in [4.78, 5) is 27.1. The fourth-order valence-corrected chi connectivity index (χ4v) is 2.30. The summed E-state index contributed by atoms with van der Waals surface area (Å²) in [7, 11) is 0. The van der Waals surface area contributed by atoms with Crippen molar-refractivity contribution in [3.8, 4) is 0 Å². The van der Waals surface area contributed by atoms with Crippen molar-refractivity contribution in [3.05, 3.63) is 46.1 Å². The third-order valence-electron chi connectivity index (χ3n) is 3.40. The van der Waals surface area contributed by atoms with Crippen LogP contribution < -0.4 is 5.43 Å². The number of carboxylic acid groups (broad SMARTS) is 1. The fourth-order valence-electron chi connectivity index (χ4n) is 2.30. The molecule has 0 atom stereocenters. The summed E-state index contributed by atoms with van der Waals surface area (Å²) in [6.07, 6.45) is 5.24. The Hall–Kier alpha value is -2.50. The van der Waals surface area contributed by atoms with Crippen molar-refractivity contribution in [1.82, 2.24) is 9.55 Å². The zero-order chi connectivity index (χ0) is 14.4. The summed E-state index contributed by atoms with van der Waals surface area (Å²) in [5.41, 5.74) is -0.590. The number of hydrogen-bond donors (Lipinski definition) is 1. The van der Waals surface area contributed by atoms with Gasteiger partial charge in [-0.15, -0.1) is 0 Å². The number of nitrogens with zero attached hydrogens (tertiary/aromatic N) is 2. The number of fused-ring (bicyclic) bond motifs is 1. The molecule has 2 heterocycles. The molecule has 0 aliphatic heterocycles. The summed E-state index contributed by atoms with van der Waals surface area (Å²) in [6.45, 7) is 3.55. The van der Waals surface area contributed by atoms with Crippen LogP contribution in [0.1, 0.15) is 34.8 Å². The van der Waals surface area contributed by atoms with E-state index in [9.17, 15) is 14.0 Å². The molecule has 0 saturated heterocycles. The van der Waals surface area contributed by atoms with Gasteiger partial charge in [0, 0.05) is 17.8 Å². The Morgan fingerprint density at radius 1 is 1.55 bits per heavy atom. The van der Waals surface area contributed by atoms with Crippen LogP contribution in [0, 0.1) is 5.82 Å². The maximum atomic E-state index is 13.8. The van der Waals surface area contributed by atoms with Crippen LogP contribution in [-0.4, -0.2) is 20.6 Å². The largest absolute Gasteiger partial charge is 0.477 e. The number of halogens is 1. The van der Waals surface area contributed by atoms with E-state index in [2.05, 4.69) is 11.6 Å². The van der Waals surface area contributed by atoms with Crippen LogP contribution in [0.5, 0.6) is 0 Å². The third-order valence-corrected chi connectivity index (χ3v) is 3.40. The van der Waals surface area contributed by atoms with Crippen molar-refractivity contribution >= 4 is 23.1 Å². The number of aromatic carboxylic acids is 1. The number of pyridine rings is 2. The zero-order valence-electron chi connectivity index (χ0n) is 10.5. The van der Waals surface area contributed by atoms with Crippen LogP contribution in [0.4, 0.5) is 4.39 Å². The molecule has 20 heavy (non-hydrogen) atoms. The average molecular weight is 274 g/mol. The van der Waals surface area contributed by atoms with Gasteiger partial charge in [-0.1, -0.05) is 12.7 Å². The molecule has 0 spiro atoms. The van der Waals surface area contributed by atoms with Gasteiger partial charge in [0.05, 0.1) is 11.7 Å². The Labute approximate surface area is 113 Å². The smallest absolute Gasteiger partial charge is 0.341 e.